The van der Waals surface area contributed by atoms with Crippen LogP contribution < -0.4 is 0 Å². The molecule has 0 aromatic rings. The van der Waals surface area contributed by atoms with Crippen LogP contribution in [0, 0.1) is 22.2 Å². The largest absolute Gasteiger partial charge is 0.455 e. The Morgan fingerprint density at radius 3 is 2.35 bits per heavy atom. The Morgan fingerprint density at radius 1 is 1.12 bits per heavy atom. The average Bonchev–Trinajstić information content (AvgIpc) is 3.19. The van der Waals surface area contributed by atoms with E-state index < -0.39 is 17.6 Å². The van der Waals surface area contributed by atoms with Crippen molar-refractivity contribution in [3.05, 3.63) is 0 Å². The number of carbonyl (C=O) groups is 2. The van der Waals surface area contributed by atoms with Crippen LogP contribution in [0.3, 0.4) is 0 Å². The zero-order valence-corrected chi connectivity index (χ0v) is 17.3. The van der Waals surface area contributed by atoms with Crippen molar-refractivity contribution in [2.24, 2.45) is 22.2 Å². The van der Waals surface area contributed by atoms with E-state index in [-0.39, 0.29) is 40.9 Å². The first-order valence-corrected chi connectivity index (χ1v) is 10.0. The molecule has 0 aliphatic carbocycles. The molecule has 0 N–H and O–H groups in total. The molecule has 6 unspecified atom stereocenters. The van der Waals surface area contributed by atoms with Gasteiger partial charge in [0, 0.05) is 0 Å². The summed E-state index contributed by atoms with van der Waals surface area (Å²) in [5.41, 5.74) is -0.786. The van der Waals surface area contributed by atoms with E-state index in [0.29, 0.717) is 6.42 Å². The summed E-state index contributed by atoms with van der Waals surface area (Å²) in [7, 11) is 0. The van der Waals surface area contributed by atoms with Crippen LogP contribution in [0.4, 0.5) is 0 Å². The van der Waals surface area contributed by atoms with E-state index in [4.69, 9.17) is 14.2 Å². The summed E-state index contributed by atoms with van der Waals surface area (Å²) < 4.78 is 17.4. The van der Waals surface area contributed by atoms with Gasteiger partial charge in [-0.05, 0) is 37.0 Å². The highest BCUT2D eigenvalue weighted by atomic mass is 16.7. The lowest BCUT2D eigenvalue weighted by molar-refractivity contribution is -0.179. The standard InChI is InChI=1S/C21H34O5/c1-8-19(3,4)11-21(7,20(5,6)9-2)18(23)26-15-13-10-12-14(24-13)16(15)25-17(12)22/h12-16H,8-11H2,1-7H3. The fourth-order valence-electron chi connectivity index (χ4n) is 4.70. The fourth-order valence-corrected chi connectivity index (χ4v) is 4.70. The molecule has 0 amide bonds. The van der Waals surface area contributed by atoms with Gasteiger partial charge < -0.3 is 14.2 Å². The van der Waals surface area contributed by atoms with Crippen LogP contribution in [-0.4, -0.2) is 36.4 Å². The quantitative estimate of drug-likeness (QED) is 0.640. The lowest BCUT2D eigenvalue weighted by Gasteiger charge is -2.46. The molecule has 0 spiro atoms. The third-order valence-electron chi connectivity index (χ3n) is 7.64. The predicted molar refractivity (Wildman–Crippen MR) is 97.4 cm³/mol. The number of carbonyl (C=O) groups excluding carboxylic acids is 2. The SMILES string of the molecule is CCC(C)(C)CC(C)(C(=O)OC1C2CC3C(=O)OC1C3O2)C(C)(C)CC. The van der Waals surface area contributed by atoms with Crippen molar-refractivity contribution in [3.63, 3.8) is 0 Å². The number of hydrogen-bond donors (Lipinski definition) is 0. The van der Waals surface area contributed by atoms with Crippen molar-refractivity contribution in [1.82, 2.24) is 0 Å². The van der Waals surface area contributed by atoms with Gasteiger partial charge in [0.15, 0.2) is 12.2 Å². The van der Waals surface area contributed by atoms with Crippen molar-refractivity contribution in [2.45, 2.75) is 98.6 Å². The molecular formula is C21H34O5. The maximum atomic E-state index is 13.4. The molecule has 0 aromatic heterocycles. The second kappa shape index (κ2) is 6.22. The predicted octanol–water partition coefficient (Wildman–Crippen LogP) is 3.88. The van der Waals surface area contributed by atoms with Crippen LogP contribution in [-0.2, 0) is 23.8 Å². The third-order valence-corrected chi connectivity index (χ3v) is 7.64. The van der Waals surface area contributed by atoms with Gasteiger partial charge in [0.05, 0.1) is 17.4 Å². The van der Waals surface area contributed by atoms with Gasteiger partial charge in [0.2, 0.25) is 0 Å². The van der Waals surface area contributed by atoms with Crippen LogP contribution in [0.1, 0.15) is 74.1 Å². The van der Waals surface area contributed by atoms with Gasteiger partial charge in [-0.1, -0.05) is 48.0 Å². The minimum Gasteiger partial charge on any atom is -0.455 e. The van der Waals surface area contributed by atoms with Crippen LogP contribution in [0.5, 0.6) is 0 Å². The van der Waals surface area contributed by atoms with E-state index in [1.54, 1.807) is 0 Å². The van der Waals surface area contributed by atoms with Gasteiger partial charge in [-0.2, -0.15) is 0 Å². The molecule has 3 fully saturated rings. The Balaban J connectivity index is 1.82. The Bertz CT molecular complexity index is 595. The number of esters is 2. The lowest BCUT2D eigenvalue weighted by atomic mass is 9.58. The van der Waals surface area contributed by atoms with Gasteiger partial charge in [-0.15, -0.1) is 0 Å². The summed E-state index contributed by atoms with van der Waals surface area (Å²) in [4.78, 5) is 25.3. The molecule has 5 heteroatoms. The summed E-state index contributed by atoms with van der Waals surface area (Å²) in [6.45, 7) is 15.0. The average molecular weight is 366 g/mol. The molecule has 0 aromatic carbocycles. The van der Waals surface area contributed by atoms with E-state index in [0.717, 1.165) is 19.3 Å². The molecule has 0 saturated carbocycles. The van der Waals surface area contributed by atoms with E-state index in [2.05, 4.69) is 41.5 Å². The van der Waals surface area contributed by atoms with E-state index >= 15 is 0 Å². The molecular weight excluding hydrogens is 332 g/mol. The van der Waals surface area contributed by atoms with Crippen molar-refractivity contribution >= 4 is 11.9 Å². The Labute approximate surface area is 157 Å². The second-order valence-corrected chi connectivity index (χ2v) is 10.0. The topological polar surface area (TPSA) is 61.8 Å². The first-order chi connectivity index (χ1) is 12.0. The third kappa shape index (κ3) is 2.87. The number of ether oxygens (including phenoxy) is 3. The summed E-state index contributed by atoms with van der Waals surface area (Å²) in [6.07, 6.45) is 1.90. The van der Waals surface area contributed by atoms with Crippen molar-refractivity contribution in [1.29, 1.82) is 0 Å². The van der Waals surface area contributed by atoms with E-state index in [1.165, 1.54) is 0 Å². The van der Waals surface area contributed by atoms with E-state index in [1.807, 2.05) is 6.92 Å². The summed E-state index contributed by atoms with van der Waals surface area (Å²) >= 11 is 0. The maximum absolute atomic E-state index is 13.4. The Kier molecular flexibility index (Phi) is 4.70. The molecule has 0 radical (unpaired) electrons. The molecule has 2 bridgehead atoms. The van der Waals surface area contributed by atoms with Crippen LogP contribution in [0.25, 0.3) is 0 Å². The van der Waals surface area contributed by atoms with Gasteiger partial charge in [0.25, 0.3) is 0 Å². The minimum absolute atomic E-state index is 0.0380. The zero-order valence-electron chi connectivity index (χ0n) is 17.3. The molecule has 3 aliphatic rings. The van der Waals surface area contributed by atoms with Gasteiger partial charge in [-0.25, -0.2) is 0 Å². The van der Waals surface area contributed by atoms with Gasteiger partial charge in [0.1, 0.15) is 6.10 Å². The van der Waals surface area contributed by atoms with Gasteiger partial charge in [-0.3, -0.25) is 9.59 Å². The highest BCUT2D eigenvalue weighted by molar-refractivity contribution is 5.79. The highest BCUT2D eigenvalue weighted by Crippen LogP contribution is 2.52. The molecule has 3 rings (SSSR count). The summed E-state index contributed by atoms with van der Waals surface area (Å²) in [6, 6.07) is 0. The summed E-state index contributed by atoms with van der Waals surface area (Å²) in [5, 5.41) is 0. The normalized spacial score (nSPS) is 35.3. The second-order valence-electron chi connectivity index (χ2n) is 10.0. The van der Waals surface area contributed by atoms with Gasteiger partial charge >= 0.3 is 11.9 Å². The Morgan fingerprint density at radius 2 is 1.77 bits per heavy atom. The van der Waals surface area contributed by atoms with Crippen LogP contribution in [0.15, 0.2) is 0 Å². The number of hydrogen-bond acceptors (Lipinski definition) is 5. The number of rotatable bonds is 7. The molecule has 26 heavy (non-hydrogen) atoms. The monoisotopic (exact) mass is 366 g/mol. The fraction of sp³-hybridized carbons (Fsp3) is 0.905. The molecule has 148 valence electrons. The molecule has 3 aliphatic heterocycles. The smallest absolute Gasteiger partial charge is 0.312 e. The zero-order chi connectivity index (χ0) is 19.5. The number of fused-ring (bicyclic) bond motifs is 1. The molecule has 5 nitrogen and oxygen atoms in total. The minimum atomic E-state index is -0.620. The Hall–Kier alpha value is -1.10. The molecule has 6 atom stereocenters. The molecule has 3 heterocycles. The van der Waals surface area contributed by atoms with Crippen molar-refractivity contribution in [3.8, 4) is 0 Å². The van der Waals surface area contributed by atoms with Crippen molar-refractivity contribution in [2.75, 3.05) is 0 Å². The highest BCUT2D eigenvalue weighted by Gasteiger charge is 2.65. The van der Waals surface area contributed by atoms with Crippen LogP contribution in [0.2, 0.25) is 0 Å². The summed E-state index contributed by atoms with van der Waals surface area (Å²) in [5.74, 6) is -0.561. The van der Waals surface area contributed by atoms with E-state index in [9.17, 15) is 9.59 Å². The maximum Gasteiger partial charge on any atom is 0.312 e. The van der Waals surface area contributed by atoms with Crippen molar-refractivity contribution < 1.29 is 23.8 Å². The van der Waals surface area contributed by atoms with Crippen LogP contribution >= 0.6 is 0 Å². The first-order valence-electron chi connectivity index (χ1n) is 10.0. The molecule has 3 saturated heterocycles. The lowest BCUT2D eigenvalue weighted by Crippen LogP contribution is -2.49. The first kappa shape index (κ1) is 19.7.